The summed E-state index contributed by atoms with van der Waals surface area (Å²) < 4.78 is 0. The van der Waals surface area contributed by atoms with E-state index in [0.29, 0.717) is 46.4 Å². The normalized spacial score (nSPS) is 18.7. The average molecular weight is 312 g/mol. The minimum atomic E-state index is -0.768. The van der Waals surface area contributed by atoms with Gasteiger partial charge in [-0.1, -0.05) is 23.2 Å². The fraction of sp³-hybridized carbons (Fsp3) is 0.308. The Labute approximate surface area is 125 Å². The van der Waals surface area contributed by atoms with Crippen molar-refractivity contribution in [2.24, 2.45) is 5.92 Å². The van der Waals surface area contributed by atoms with Gasteiger partial charge < -0.3 is 10.0 Å². The number of anilines is 1. The highest BCUT2D eigenvalue weighted by Gasteiger charge is 2.28. The molecule has 2 aromatic rings. The van der Waals surface area contributed by atoms with Gasteiger partial charge in [-0.05, 0) is 18.6 Å². The lowest BCUT2D eigenvalue weighted by atomic mass is 10.1. The van der Waals surface area contributed by atoms with Crippen molar-refractivity contribution in [3.05, 3.63) is 28.4 Å². The van der Waals surface area contributed by atoms with Crippen LogP contribution in [0.25, 0.3) is 11.0 Å². The molecule has 3 rings (SSSR count). The Morgan fingerprint density at radius 2 is 2.00 bits per heavy atom. The summed E-state index contributed by atoms with van der Waals surface area (Å²) in [6, 6.07) is 3.33. The molecule has 20 heavy (non-hydrogen) atoms. The summed E-state index contributed by atoms with van der Waals surface area (Å²) in [7, 11) is 0. The zero-order valence-corrected chi connectivity index (χ0v) is 11.9. The van der Waals surface area contributed by atoms with Gasteiger partial charge in [-0.25, -0.2) is 4.98 Å². The van der Waals surface area contributed by atoms with Crippen LogP contribution in [0.1, 0.15) is 6.42 Å². The van der Waals surface area contributed by atoms with E-state index in [1.165, 1.54) is 0 Å². The van der Waals surface area contributed by atoms with E-state index >= 15 is 0 Å². The van der Waals surface area contributed by atoms with Crippen molar-refractivity contribution in [1.82, 2.24) is 9.97 Å². The number of hydrogen-bond acceptors (Lipinski definition) is 4. The Hall–Kier alpha value is -1.59. The molecule has 1 atom stereocenters. The summed E-state index contributed by atoms with van der Waals surface area (Å²) in [6.07, 6.45) is 2.26. The molecule has 1 unspecified atom stereocenters. The van der Waals surface area contributed by atoms with Gasteiger partial charge in [-0.15, -0.1) is 0 Å². The van der Waals surface area contributed by atoms with E-state index in [1.807, 2.05) is 4.90 Å². The lowest BCUT2D eigenvalue weighted by Crippen LogP contribution is -2.23. The molecule has 1 saturated heterocycles. The number of aromatic nitrogens is 2. The van der Waals surface area contributed by atoms with E-state index in [4.69, 9.17) is 28.3 Å². The lowest BCUT2D eigenvalue weighted by molar-refractivity contribution is -0.140. The number of fused-ring (bicyclic) bond motifs is 1. The van der Waals surface area contributed by atoms with Crippen LogP contribution in [0.3, 0.4) is 0 Å². The minimum Gasteiger partial charge on any atom is -0.481 e. The van der Waals surface area contributed by atoms with Gasteiger partial charge in [0.1, 0.15) is 5.82 Å². The van der Waals surface area contributed by atoms with E-state index in [9.17, 15) is 4.79 Å². The first-order valence-corrected chi connectivity index (χ1v) is 6.90. The molecule has 0 radical (unpaired) electrons. The Balaban J connectivity index is 1.93. The Kier molecular flexibility index (Phi) is 3.40. The molecule has 1 aliphatic heterocycles. The fourth-order valence-electron chi connectivity index (χ4n) is 2.32. The van der Waals surface area contributed by atoms with Crippen LogP contribution in [-0.2, 0) is 4.79 Å². The van der Waals surface area contributed by atoms with E-state index in [2.05, 4.69) is 9.97 Å². The molecule has 0 aliphatic carbocycles. The van der Waals surface area contributed by atoms with Crippen LogP contribution in [0, 0.1) is 5.92 Å². The highest BCUT2D eigenvalue weighted by molar-refractivity contribution is 6.42. The number of aliphatic carboxylic acids is 1. The van der Waals surface area contributed by atoms with Crippen LogP contribution in [0.15, 0.2) is 18.3 Å². The molecule has 1 aromatic carbocycles. The number of rotatable bonds is 2. The van der Waals surface area contributed by atoms with Gasteiger partial charge in [0.05, 0.1) is 33.2 Å². The summed E-state index contributed by atoms with van der Waals surface area (Å²) in [5.74, 6) is -0.447. The van der Waals surface area contributed by atoms with Crippen molar-refractivity contribution in [2.45, 2.75) is 6.42 Å². The third-order valence-electron chi connectivity index (χ3n) is 3.43. The van der Waals surface area contributed by atoms with E-state index in [-0.39, 0.29) is 5.92 Å². The zero-order chi connectivity index (χ0) is 14.3. The van der Waals surface area contributed by atoms with Crippen LogP contribution < -0.4 is 4.90 Å². The predicted molar refractivity (Wildman–Crippen MR) is 77.5 cm³/mol. The number of nitrogens with zero attached hydrogens (tertiary/aromatic N) is 3. The third-order valence-corrected chi connectivity index (χ3v) is 4.16. The highest BCUT2D eigenvalue weighted by Crippen LogP contribution is 2.28. The van der Waals surface area contributed by atoms with Gasteiger partial charge in [-0.3, -0.25) is 9.78 Å². The van der Waals surface area contributed by atoms with Crippen molar-refractivity contribution in [2.75, 3.05) is 18.0 Å². The molecule has 0 bridgehead atoms. The molecular weight excluding hydrogens is 301 g/mol. The van der Waals surface area contributed by atoms with Gasteiger partial charge in [0.2, 0.25) is 0 Å². The Morgan fingerprint density at radius 1 is 1.30 bits per heavy atom. The van der Waals surface area contributed by atoms with Gasteiger partial charge in [0.15, 0.2) is 0 Å². The van der Waals surface area contributed by atoms with Crippen LogP contribution in [0.4, 0.5) is 5.82 Å². The SMILES string of the molecule is O=C(O)C1CCN(c2cnc3cc(Cl)c(Cl)cc3n2)C1. The molecule has 104 valence electrons. The number of hydrogen-bond donors (Lipinski definition) is 1. The summed E-state index contributed by atoms with van der Waals surface area (Å²) in [6.45, 7) is 1.12. The first-order valence-electron chi connectivity index (χ1n) is 6.14. The van der Waals surface area contributed by atoms with Crippen molar-refractivity contribution >= 4 is 46.0 Å². The molecule has 2 heterocycles. The molecule has 0 spiro atoms. The maximum absolute atomic E-state index is 11.0. The van der Waals surface area contributed by atoms with Gasteiger partial charge in [0, 0.05) is 13.1 Å². The topological polar surface area (TPSA) is 66.3 Å². The second kappa shape index (κ2) is 5.07. The summed E-state index contributed by atoms with van der Waals surface area (Å²) in [5, 5.41) is 9.89. The third kappa shape index (κ3) is 2.39. The second-order valence-electron chi connectivity index (χ2n) is 4.75. The van der Waals surface area contributed by atoms with Crippen molar-refractivity contribution in [1.29, 1.82) is 0 Å². The molecule has 5 nitrogen and oxygen atoms in total. The van der Waals surface area contributed by atoms with Crippen LogP contribution in [0.2, 0.25) is 10.0 Å². The predicted octanol–water partition coefficient (Wildman–Crippen LogP) is 2.85. The smallest absolute Gasteiger partial charge is 0.308 e. The largest absolute Gasteiger partial charge is 0.481 e. The Morgan fingerprint density at radius 3 is 2.65 bits per heavy atom. The van der Waals surface area contributed by atoms with E-state index in [0.717, 1.165) is 0 Å². The molecular formula is C13H11Cl2N3O2. The van der Waals surface area contributed by atoms with Gasteiger partial charge in [0.25, 0.3) is 0 Å². The highest BCUT2D eigenvalue weighted by atomic mass is 35.5. The fourth-order valence-corrected chi connectivity index (χ4v) is 2.64. The number of benzene rings is 1. The molecule has 1 fully saturated rings. The van der Waals surface area contributed by atoms with Crippen LogP contribution in [0.5, 0.6) is 0 Å². The lowest BCUT2D eigenvalue weighted by Gasteiger charge is -2.16. The average Bonchev–Trinajstić information content (AvgIpc) is 2.89. The molecule has 0 saturated carbocycles. The van der Waals surface area contributed by atoms with Gasteiger partial charge in [-0.2, -0.15) is 0 Å². The minimum absolute atomic E-state index is 0.346. The van der Waals surface area contributed by atoms with Crippen LogP contribution >= 0.6 is 23.2 Å². The molecule has 7 heteroatoms. The molecule has 1 aliphatic rings. The summed E-state index contributed by atoms with van der Waals surface area (Å²) in [4.78, 5) is 21.7. The summed E-state index contributed by atoms with van der Waals surface area (Å²) in [5.41, 5.74) is 1.31. The maximum atomic E-state index is 11.0. The van der Waals surface area contributed by atoms with E-state index < -0.39 is 5.97 Å². The van der Waals surface area contributed by atoms with Crippen molar-refractivity contribution < 1.29 is 9.90 Å². The first-order chi connectivity index (χ1) is 9.54. The molecule has 0 amide bonds. The van der Waals surface area contributed by atoms with Crippen molar-refractivity contribution in [3.63, 3.8) is 0 Å². The monoisotopic (exact) mass is 311 g/mol. The quantitative estimate of drug-likeness (QED) is 0.923. The first kappa shape index (κ1) is 13.4. The van der Waals surface area contributed by atoms with E-state index in [1.54, 1.807) is 18.3 Å². The number of carboxylic acids is 1. The zero-order valence-electron chi connectivity index (χ0n) is 10.4. The molecule has 1 N–H and O–H groups in total. The standard InChI is InChI=1S/C13H11Cl2N3O2/c14-8-3-10-11(4-9(8)15)17-12(5-16-10)18-2-1-7(6-18)13(19)20/h3-5,7H,1-2,6H2,(H,19,20). The van der Waals surface area contributed by atoms with Crippen molar-refractivity contribution in [3.8, 4) is 0 Å². The second-order valence-corrected chi connectivity index (χ2v) is 5.57. The van der Waals surface area contributed by atoms with Gasteiger partial charge >= 0.3 is 5.97 Å². The summed E-state index contributed by atoms with van der Waals surface area (Å²) >= 11 is 11.9. The number of carboxylic acid groups (broad SMARTS) is 1. The number of carbonyl (C=O) groups is 1. The van der Waals surface area contributed by atoms with Crippen LogP contribution in [-0.4, -0.2) is 34.1 Å². The Bertz CT molecular complexity index is 693. The molecule has 1 aromatic heterocycles. The number of halogens is 2. The maximum Gasteiger partial charge on any atom is 0.308 e.